The Morgan fingerprint density at radius 1 is 1.33 bits per heavy atom. The van der Waals surface area contributed by atoms with E-state index in [4.69, 9.17) is 17.0 Å². The normalized spacial score (nSPS) is 29.9. The van der Waals surface area contributed by atoms with Crippen LogP contribution >= 0.6 is 28.1 Å². The van der Waals surface area contributed by atoms with Gasteiger partial charge in [0.15, 0.2) is 0 Å². The highest BCUT2D eigenvalue weighted by Gasteiger charge is 2.53. The number of likely N-dealkylation sites (N-methyl/N-ethyl adjacent to an activating group) is 1. The third kappa shape index (κ3) is 3.40. The lowest BCUT2D eigenvalue weighted by atomic mass is 9.71. The Hall–Kier alpha value is -1.81. The van der Waals surface area contributed by atoms with Crippen molar-refractivity contribution >= 4 is 33.5 Å². The molecule has 4 nitrogen and oxygen atoms in total. The lowest BCUT2D eigenvalue weighted by molar-refractivity contribution is 0.0922. The smallest absolute Gasteiger partial charge is 0.119 e. The molecule has 2 bridgehead atoms. The van der Waals surface area contributed by atoms with Gasteiger partial charge in [-0.15, -0.1) is 0 Å². The van der Waals surface area contributed by atoms with E-state index < -0.39 is 5.41 Å². The van der Waals surface area contributed by atoms with Crippen molar-refractivity contribution in [3.8, 4) is 11.8 Å². The quantitative estimate of drug-likeness (QED) is 0.663. The average Bonchev–Trinajstić information content (AvgIpc) is 2.87. The molecule has 2 fully saturated rings. The highest BCUT2D eigenvalue weighted by Crippen LogP contribution is 2.47. The van der Waals surface area contributed by atoms with Gasteiger partial charge in [-0.1, -0.05) is 24.4 Å². The molecule has 6 heteroatoms. The number of fused-ring (bicyclic) bond motifs is 2. The fraction of sp³-hybridized carbons (Fsp3) is 0.381. The summed E-state index contributed by atoms with van der Waals surface area (Å²) in [4.78, 5) is 6.68. The van der Waals surface area contributed by atoms with Crippen molar-refractivity contribution < 1.29 is 4.74 Å². The van der Waals surface area contributed by atoms with E-state index in [1.807, 2.05) is 36.5 Å². The zero-order valence-electron chi connectivity index (χ0n) is 15.0. The number of thiocarbonyl (C=S) groups is 1. The van der Waals surface area contributed by atoms with Crippen molar-refractivity contribution in [2.75, 3.05) is 7.05 Å². The van der Waals surface area contributed by atoms with E-state index in [1.165, 1.54) is 0 Å². The molecule has 2 aliphatic heterocycles. The largest absolute Gasteiger partial charge is 0.489 e. The molecule has 0 aliphatic carbocycles. The van der Waals surface area contributed by atoms with Crippen LogP contribution in [0.1, 0.15) is 30.4 Å². The lowest BCUT2D eigenvalue weighted by Crippen LogP contribution is -2.49. The maximum absolute atomic E-state index is 10.1. The van der Waals surface area contributed by atoms with Crippen LogP contribution in [0.3, 0.4) is 0 Å². The molecule has 138 valence electrons. The van der Waals surface area contributed by atoms with Crippen molar-refractivity contribution in [3.63, 3.8) is 0 Å². The molecule has 27 heavy (non-hydrogen) atoms. The van der Waals surface area contributed by atoms with Crippen LogP contribution in [0.15, 0.2) is 47.2 Å². The predicted octanol–water partition coefficient (Wildman–Crippen LogP) is 4.27. The van der Waals surface area contributed by atoms with Crippen LogP contribution in [0.25, 0.3) is 0 Å². The van der Waals surface area contributed by atoms with E-state index in [-0.39, 0.29) is 12.1 Å². The molecule has 1 aromatic carbocycles. The number of piperidine rings is 1. The van der Waals surface area contributed by atoms with Gasteiger partial charge < -0.3 is 4.74 Å². The lowest BCUT2D eigenvalue weighted by Gasteiger charge is -2.41. The van der Waals surface area contributed by atoms with Crippen LogP contribution in [-0.2, 0) is 5.41 Å². The number of ether oxygens (including phenoxy) is 1. The molecule has 4 atom stereocenters. The molecule has 2 aromatic rings. The molecule has 4 unspecified atom stereocenters. The van der Waals surface area contributed by atoms with Gasteiger partial charge in [0.25, 0.3) is 0 Å². The van der Waals surface area contributed by atoms with Crippen LogP contribution in [0, 0.1) is 11.3 Å². The van der Waals surface area contributed by atoms with Crippen molar-refractivity contribution in [2.45, 2.75) is 42.9 Å². The summed E-state index contributed by atoms with van der Waals surface area (Å²) in [5.74, 6) is 0.855. The van der Waals surface area contributed by atoms with Crippen LogP contribution in [0.4, 0.5) is 0 Å². The Balaban J connectivity index is 1.59. The minimum Gasteiger partial charge on any atom is -0.489 e. The molecule has 0 spiro atoms. The molecule has 0 N–H and O–H groups in total. The molecule has 0 amide bonds. The summed E-state index contributed by atoms with van der Waals surface area (Å²) >= 11 is 8.46. The minimum absolute atomic E-state index is 0.0775. The van der Waals surface area contributed by atoms with E-state index >= 15 is 0 Å². The highest BCUT2D eigenvalue weighted by molar-refractivity contribution is 9.10. The van der Waals surface area contributed by atoms with Gasteiger partial charge in [-0.25, -0.2) is 0 Å². The topological polar surface area (TPSA) is 49.1 Å². The summed E-state index contributed by atoms with van der Waals surface area (Å²) in [5.41, 5.74) is 1.48. The SMILES string of the molecule is CN1C2CC(Oc3ccc(C=S)cc3)C1CC(C#N)(c1cncc(Br)c1)C2. The molecule has 1 aromatic heterocycles. The third-order valence-corrected chi connectivity index (χ3v) is 6.66. The standard InChI is InChI=1S/C21H20BrN3OS/c1-25-17-7-20(26-18-4-2-14(12-27)3-5-18)19(25)9-21(8-17,13-23)15-6-16(22)11-24-10-15/h2-6,10-12,17,19-20H,7-9H2,1H3. The number of nitrogens with zero attached hydrogens (tertiary/aromatic N) is 3. The molecule has 0 saturated carbocycles. The van der Waals surface area contributed by atoms with E-state index in [1.54, 1.807) is 11.6 Å². The maximum atomic E-state index is 10.1. The summed E-state index contributed by atoms with van der Waals surface area (Å²) in [6.45, 7) is 0. The van der Waals surface area contributed by atoms with Crippen molar-refractivity contribution in [2.24, 2.45) is 0 Å². The van der Waals surface area contributed by atoms with Crippen LogP contribution < -0.4 is 4.74 Å². The van der Waals surface area contributed by atoms with Crippen LogP contribution in [0.5, 0.6) is 5.75 Å². The first-order valence-electron chi connectivity index (χ1n) is 9.01. The van der Waals surface area contributed by atoms with Gasteiger partial charge >= 0.3 is 0 Å². The molecule has 2 aliphatic rings. The van der Waals surface area contributed by atoms with E-state index in [2.05, 4.69) is 38.9 Å². The van der Waals surface area contributed by atoms with Crippen molar-refractivity contribution in [1.29, 1.82) is 5.26 Å². The van der Waals surface area contributed by atoms with Gasteiger partial charge in [-0.05, 0) is 65.1 Å². The highest BCUT2D eigenvalue weighted by atomic mass is 79.9. The van der Waals surface area contributed by atoms with Gasteiger partial charge in [0.2, 0.25) is 0 Å². The summed E-state index contributed by atoms with van der Waals surface area (Å²) in [6, 6.07) is 13.1. The zero-order valence-corrected chi connectivity index (χ0v) is 17.4. The number of aromatic nitrogens is 1. The van der Waals surface area contributed by atoms with Gasteiger partial charge in [0.05, 0.1) is 11.5 Å². The second-order valence-corrected chi connectivity index (χ2v) is 8.61. The first-order valence-corrected chi connectivity index (χ1v) is 10.3. The molecular weight excluding hydrogens is 422 g/mol. The molecule has 4 rings (SSSR count). The van der Waals surface area contributed by atoms with E-state index in [9.17, 15) is 5.26 Å². The van der Waals surface area contributed by atoms with Crippen molar-refractivity contribution in [3.05, 3.63) is 58.3 Å². The number of benzene rings is 1. The molecule has 2 saturated heterocycles. The van der Waals surface area contributed by atoms with Crippen molar-refractivity contribution in [1.82, 2.24) is 9.88 Å². The first-order chi connectivity index (χ1) is 13.0. The van der Waals surface area contributed by atoms with Gasteiger partial charge in [0.1, 0.15) is 11.9 Å². The number of hydrogen-bond acceptors (Lipinski definition) is 5. The van der Waals surface area contributed by atoms with Crippen LogP contribution in [-0.4, -0.2) is 40.5 Å². The number of hydrogen-bond donors (Lipinski definition) is 0. The molecular formula is C21H20BrN3OS. The number of rotatable bonds is 4. The first kappa shape index (κ1) is 18.5. The van der Waals surface area contributed by atoms with Gasteiger partial charge in [-0.3, -0.25) is 9.88 Å². The summed E-state index contributed by atoms with van der Waals surface area (Å²) in [6.07, 6.45) is 6.15. The summed E-state index contributed by atoms with van der Waals surface area (Å²) in [7, 11) is 2.15. The average molecular weight is 442 g/mol. The van der Waals surface area contributed by atoms with E-state index in [0.717, 1.165) is 40.6 Å². The molecule has 3 heterocycles. The number of pyridine rings is 1. The minimum atomic E-state index is -0.516. The predicted molar refractivity (Wildman–Crippen MR) is 112 cm³/mol. The Labute approximate surface area is 173 Å². The monoisotopic (exact) mass is 441 g/mol. The Bertz CT molecular complexity index is 897. The second kappa shape index (κ2) is 7.31. The zero-order chi connectivity index (χ0) is 19.0. The summed E-state index contributed by atoms with van der Waals surface area (Å²) in [5, 5.41) is 11.8. The summed E-state index contributed by atoms with van der Waals surface area (Å²) < 4.78 is 7.24. The fourth-order valence-corrected chi connectivity index (χ4v) is 4.98. The second-order valence-electron chi connectivity index (χ2n) is 7.46. The third-order valence-electron chi connectivity index (χ3n) is 5.95. The van der Waals surface area contributed by atoms with Gasteiger partial charge in [0, 0.05) is 40.7 Å². The van der Waals surface area contributed by atoms with E-state index in [0.29, 0.717) is 6.04 Å². The maximum Gasteiger partial charge on any atom is 0.119 e. The van der Waals surface area contributed by atoms with Gasteiger partial charge in [-0.2, -0.15) is 5.26 Å². The van der Waals surface area contributed by atoms with Crippen LogP contribution in [0.2, 0.25) is 0 Å². The Kier molecular flexibility index (Phi) is 5.02. The number of nitriles is 1. The Morgan fingerprint density at radius 3 is 2.78 bits per heavy atom. The number of halogens is 1. The Morgan fingerprint density at radius 2 is 2.11 bits per heavy atom. The molecule has 0 radical (unpaired) electrons. The fourth-order valence-electron chi connectivity index (χ4n) is 4.46.